The van der Waals surface area contributed by atoms with Crippen molar-refractivity contribution in [1.82, 2.24) is 10.2 Å². The molecule has 1 aliphatic rings. The van der Waals surface area contributed by atoms with E-state index in [1.807, 2.05) is 37.3 Å². The van der Waals surface area contributed by atoms with E-state index in [0.717, 1.165) is 16.7 Å². The highest BCUT2D eigenvalue weighted by molar-refractivity contribution is 5.96. The van der Waals surface area contributed by atoms with Crippen LogP contribution in [0.1, 0.15) is 16.7 Å². The zero-order valence-electron chi connectivity index (χ0n) is 17.1. The zero-order valence-corrected chi connectivity index (χ0v) is 17.1. The number of anilines is 1. The fourth-order valence-corrected chi connectivity index (χ4v) is 3.56. The van der Waals surface area contributed by atoms with Crippen LogP contribution in [-0.2, 0) is 27.3 Å². The van der Waals surface area contributed by atoms with E-state index in [9.17, 15) is 14.4 Å². The van der Waals surface area contributed by atoms with Crippen LogP contribution in [0.25, 0.3) is 0 Å². The molecule has 8 heteroatoms. The number of aryl methyl sites for hydroxylation is 1. The summed E-state index contributed by atoms with van der Waals surface area (Å²) in [6.45, 7) is 2.14. The number of hydrogen-bond donors (Lipinski definition) is 3. The molecule has 2 aromatic rings. The number of ether oxygens (including phenoxy) is 1. The third-order valence-electron chi connectivity index (χ3n) is 5.10. The summed E-state index contributed by atoms with van der Waals surface area (Å²) in [7, 11) is 1.52. The van der Waals surface area contributed by atoms with E-state index in [2.05, 4.69) is 10.6 Å². The average Bonchev–Trinajstić information content (AvgIpc) is 2.72. The van der Waals surface area contributed by atoms with Gasteiger partial charge in [0.05, 0.1) is 31.9 Å². The highest BCUT2D eigenvalue weighted by Gasteiger charge is 2.31. The number of carbonyl (C=O) groups is 3. The second kappa shape index (κ2) is 9.41. The first-order valence-electron chi connectivity index (χ1n) is 9.68. The van der Waals surface area contributed by atoms with Crippen molar-refractivity contribution in [2.45, 2.75) is 25.9 Å². The van der Waals surface area contributed by atoms with Gasteiger partial charge in [0.2, 0.25) is 17.7 Å². The number of nitrogens with zero attached hydrogens (tertiary/aromatic N) is 1. The summed E-state index contributed by atoms with van der Waals surface area (Å²) in [6, 6.07) is 12.7. The Morgan fingerprint density at radius 1 is 1.13 bits per heavy atom. The van der Waals surface area contributed by atoms with Crippen molar-refractivity contribution in [2.24, 2.45) is 5.73 Å². The molecular formula is C22H26N4O4. The first-order chi connectivity index (χ1) is 14.4. The van der Waals surface area contributed by atoms with E-state index < -0.39 is 11.9 Å². The largest absolute Gasteiger partial charge is 0.495 e. The summed E-state index contributed by atoms with van der Waals surface area (Å²) < 4.78 is 5.24. The molecule has 0 unspecified atom stereocenters. The molecule has 3 rings (SSSR count). The second-order valence-electron chi connectivity index (χ2n) is 7.32. The molecule has 30 heavy (non-hydrogen) atoms. The number of nitrogens with one attached hydrogen (secondary N) is 2. The van der Waals surface area contributed by atoms with Crippen LogP contribution in [0.15, 0.2) is 42.5 Å². The Balaban J connectivity index is 1.57. The van der Waals surface area contributed by atoms with Gasteiger partial charge in [-0.3, -0.25) is 19.3 Å². The standard InChI is InChI=1S/C22H26N4O4/c1-14-7-8-19(30-2)17(9-14)25-20(27)11-24-21(28)13-26-12-16-6-4-3-5-15(16)10-18(26)22(23)29/h3-9,18H,10-13H2,1-2H3,(H2,23,29)(H,24,28)(H,25,27)/t18-/m0/s1. The Morgan fingerprint density at radius 3 is 2.57 bits per heavy atom. The minimum atomic E-state index is -0.559. The molecule has 0 aromatic heterocycles. The van der Waals surface area contributed by atoms with Crippen LogP contribution < -0.4 is 21.1 Å². The number of benzene rings is 2. The summed E-state index contributed by atoms with van der Waals surface area (Å²) in [4.78, 5) is 38.3. The lowest BCUT2D eigenvalue weighted by Gasteiger charge is -2.34. The normalized spacial score (nSPS) is 15.7. The van der Waals surface area contributed by atoms with Crippen LogP contribution >= 0.6 is 0 Å². The smallest absolute Gasteiger partial charge is 0.243 e. The molecule has 158 valence electrons. The number of methoxy groups -OCH3 is 1. The van der Waals surface area contributed by atoms with Gasteiger partial charge in [0.1, 0.15) is 5.75 Å². The summed E-state index contributed by atoms with van der Waals surface area (Å²) in [5, 5.41) is 5.33. The van der Waals surface area contributed by atoms with Gasteiger partial charge >= 0.3 is 0 Å². The van der Waals surface area contributed by atoms with Gasteiger partial charge in [0, 0.05) is 6.54 Å². The Bertz CT molecular complexity index is 960. The van der Waals surface area contributed by atoms with Crippen LogP contribution in [0.3, 0.4) is 0 Å². The van der Waals surface area contributed by atoms with Gasteiger partial charge in [-0.1, -0.05) is 30.3 Å². The number of nitrogens with two attached hydrogens (primary N) is 1. The number of amides is 3. The predicted octanol–water partition coefficient (Wildman–Crippen LogP) is 0.971. The minimum Gasteiger partial charge on any atom is -0.495 e. The van der Waals surface area contributed by atoms with E-state index >= 15 is 0 Å². The third kappa shape index (κ3) is 5.15. The number of carbonyl (C=O) groups excluding carboxylic acids is 3. The van der Waals surface area contributed by atoms with E-state index in [-0.39, 0.29) is 24.9 Å². The Morgan fingerprint density at radius 2 is 1.87 bits per heavy atom. The molecular weight excluding hydrogens is 384 g/mol. The lowest BCUT2D eigenvalue weighted by molar-refractivity contribution is -0.129. The van der Waals surface area contributed by atoms with Gasteiger partial charge in [0.15, 0.2) is 0 Å². The second-order valence-corrected chi connectivity index (χ2v) is 7.32. The zero-order chi connectivity index (χ0) is 21.7. The topological polar surface area (TPSA) is 114 Å². The quantitative estimate of drug-likeness (QED) is 0.629. The van der Waals surface area contributed by atoms with Gasteiger partial charge in [-0.05, 0) is 42.2 Å². The van der Waals surface area contributed by atoms with Crippen LogP contribution in [0.4, 0.5) is 5.69 Å². The van der Waals surface area contributed by atoms with E-state index in [0.29, 0.717) is 24.4 Å². The third-order valence-corrected chi connectivity index (χ3v) is 5.10. The van der Waals surface area contributed by atoms with E-state index in [1.54, 1.807) is 17.0 Å². The first kappa shape index (κ1) is 21.3. The van der Waals surface area contributed by atoms with Crippen molar-refractivity contribution in [3.05, 3.63) is 59.2 Å². The van der Waals surface area contributed by atoms with Gasteiger partial charge in [0.25, 0.3) is 0 Å². The molecule has 0 saturated heterocycles. The lowest BCUT2D eigenvalue weighted by Crippen LogP contribution is -2.52. The summed E-state index contributed by atoms with van der Waals surface area (Å²) in [5.41, 5.74) is 9.18. The molecule has 0 fully saturated rings. The number of primary amides is 1. The fourth-order valence-electron chi connectivity index (χ4n) is 3.56. The van der Waals surface area contributed by atoms with Gasteiger partial charge in [-0.15, -0.1) is 0 Å². The molecule has 2 aromatic carbocycles. The SMILES string of the molecule is COc1ccc(C)cc1NC(=O)CNC(=O)CN1Cc2ccccc2C[C@H]1C(N)=O. The highest BCUT2D eigenvalue weighted by Crippen LogP contribution is 2.25. The van der Waals surface area contributed by atoms with Crippen molar-refractivity contribution in [3.8, 4) is 5.75 Å². The summed E-state index contributed by atoms with van der Waals surface area (Å²) in [5.74, 6) is -0.659. The Hall–Kier alpha value is -3.39. The molecule has 4 N–H and O–H groups in total. The number of hydrogen-bond acceptors (Lipinski definition) is 5. The molecule has 0 radical (unpaired) electrons. The summed E-state index contributed by atoms with van der Waals surface area (Å²) >= 11 is 0. The monoisotopic (exact) mass is 410 g/mol. The number of fused-ring (bicyclic) bond motifs is 1. The maximum absolute atomic E-state index is 12.4. The van der Waals surface area contributed by atoms with Crippen LogP contribution in [0.5, 0.6) is 5.75 Å². The lowest BCUT2D eigenvalue weighted by atomic mass is 9.93. The molecule has 0 bridgehead atoms. The van der Waals surface area contributed by atoms with E-state index in [1.165, 1.54) is 7.11 Å². The highest BCUT2D eigenvalue weighted by atomic mass is 16.5. The van der Waals surface area contributed by atoms with E-state index in [4.69, 9.17) is 10.5 Å². The minimum absolute atomic E-state index is 0.0248. The molecule has 1 atom stereocenters. The van der Waals surface area contributed by atoms with Crippen molar-refractivity contribution in [1.29, 1.82) is 0 Å². The molecule has 0 spiro atoms. The van der Waals surface area contributed by atoms with Crippen LogP contribution in [-0.4, -0.2) is 48.9 Å². The van der Waals surface area contributed by atoms with Crippen LogP contribution in [0.2, 0.25) is 0 Å². The van der Waals surface area contributed by atoms with Crippen LogP contribution in [0, 0.1) is 6.92 Å². The molecule has 3 amide bonds. The molecule has 8 nitrogen and oxygen atoms in total. The molecule has 0 saturated carbocycles. The van der Waals surface area contributed by atoms with Crippen molar-refractivity contribution in [3.63, 3.8) is 0 Å². The molecule has 1 aliphatic heterocycles. The van der Waals surface area contributed by atoms with Gasteiger partial charge in [-0.25, -0.2) is 0 Å². The average molecular weight is 410 g/mol. The predicted molar refractivity (Wildman–Crippen MR) is 113 cm³/mol. The fraction of sp³-hybridized carbons (Fsp3) is 0.318. The Labute approximate surface area is 175 Å². The number of rotatable bonds is 7. The Kier molecular flexibility index (Phi) is 6.68. The maximum Gasteiger partial charge on any atom is 0.243 e. The van der Waals surface area contributed by atoms with Crippen molar-refractivity contribution < 1.29 is 19.1 Å². The van der Waals surface area contributed by atoms with Crippen molar-refractivity contribution >= 4 is 23.4 Å². The molecule has 1 heterocycles. The van der Waals surface area contributed by atoms with Crippen molar-refractivity contribution in [2.75, 3.05) is 25.5 Å². The van der Waals surface area contributed by atoms with Gasteiger partial charge < -0.3 is 21.1 Å². The summed E-state index contributed by atoms with van der Waals surface area (Å²) in [6.07, 6.45) is 0.465. The maximum atomic E-state index is 12.4. The van der Waals surface area contributed by atoms with Gasteiger partial charge in [-0.2, -0.15) is 0 Å². The first-order valence-corrected chi connectivity index (χ1v) is 9.68. The molecule has 0 aliphatic carbocycles.